The van der Waals surface area contributed by atoms with Gasteiger partial charge in [0.05, 0.1) is 13.2 Å². The molecule has 0 saturated heterocycles. The van der Waals surface area contributed by atoms with Gasteiger partial charge in [0.15, 0.2) is 10.9 Å². The van der Waals surface area contributed by atoms with Crippen LogP contribution in [-0.2, 0) is 4.79 Å². The molecule has 4 nitrogen and oxygen atoms in total. The molecule has 2 unspecified atom stereocenters. The lowest BCUT2D eigenvalue weighted by atomic mass is 9.80. The van der Waals surface area contributed by atoms with E-state index < -0.39 is 0 Å². The second-order valence-electron chi connectivity index (χ2n) is 6.32. The molecule has 6 heteroatoms. The van der Waals surface area contributed by atoms with Crippen LogP contribution in [0, 0.1) is 5.82 Å². The first kappa shape index (κ1) is 18.3. The van der Waals surface area contributed by atoms with E-state index in [0.717, 1.165) is 30.6 Å². The van der Waals surface area contributed by atoms with E-state index in [-0.39, 0.29) is 23.6 Å². The van der Waals surface area contributed by atoms with Gasteiger partial charge in [-0.3, -0.25) is 4.79 Å². The molecule has 2 aromatic carbocycles. The van der Waals surface area contributed by atoms with Crippen molar-refractivity contribution in [1.29, 1.82) is 0 Å². The number of thiocarbonyl (C=S) groups is 1. The maximum absolute atomic E-state index is 13.0. The summed E-state index contributed by atoms with van der Waals surface area (Å²) in [5.41, 5.74) is 1.65. The molecule has 0 spiro atoms. The van der Waals surface area contributed by atoms with Crippen LogP contribution >= 0.6 is 12.2 Å². The maximum atomic E-state index is 13.0. The van der Waals surface area contributed by atoms with Gasteiger partial charge in [0.1, 0.15) is 11.6 Å². The van der Waals surface area contributed by atoms with Gasteiger partial charge in [0.2, 0.25) is 0 Å². The molecule has 0 radical (unpaired) electrons. The number of carbonyl (C=O) groups is 1. The summed E-state index contributed by atoms with van der Waals surface area (Å²) in [5.74, 6) is 0.412. The Morgan fingerprint density at radius 2 is 1.96 bits per heavy atom. The van der Waals surface area contributed by atoms with Crippen molar-refractivity contribution in [3.8, 4) is 5.75 Å². The molecule has 1 saturated carbocycles. The zero-order valence-electron chi connectivity index (χ0n) is 14.5. The highest BCUT2D eigenvalue weighted by Gasteiger charge is 2.32. The van der Waals surface area contributed by atoms with E-state index in [1.807, 2.05) is 24.3 Å². The first-order chi connectivity index (χ1) is 12.6. The normalized spacial score (nSPS) is 19.7. The van der Waals surface area contributed by atoms with Crippen molar-refractivity contribution in [1.82, 2.24) is 5.32 Å². The van der Waals surface area contributed by atoms with Crippen LogP contribution in [0.4, 0.5) is 10.1 Å². The lowest BCUT2D eigenvalue weighted by Crippen LogP contribution is -2.46. The average molecular weight is 372 g/mol. The van der Waals surface area contributed by atoms with Gasteiger partial charge in [0.25, 0.3) is 0 Å². The van der Waals surface area contributed by atoms with Crippen LogP contribution < -0.4 is 15.4 Å². The second kappa shape index (κ2) is 8.27. The van der Waals surface area contributed by atoms with Gasteiger partial charge in [-0.25, -0.2) is 4.39 Å². The number of methoxy groups -OCH3 is 1. The number of anilines is 1. The number of rotatable bonds is 4. The SMILES string of the molecule is COc1cccc(C2CCCC(NC(=S)Nc3ccc(F)cc3)C2=O)c1. The molecular formula is C20H21FN2O2S. The zero-order valence-corrected chi connectivity index (χ0v) is 15.3. The molecule has 1 aliphatic carbocycles. The van der Waals surface area contributed by atoms with E-state index in [4.69, 9.17) is 17.0 Å². The van der Waals surface area contributed by atoms with Crippen molar-refractivity contribution in [2.45, 2.75) is 31.2 Å². The Balaban J connectivity index is 1.65. The quantitative estimate of drug-likeness (QED) is 0.794. The first-order valence-corrected chi connectivity index (χ1v) is 8.98. The van der Waals surface area contributed by atoms with Crippen LogP contribution in [0.15, 0.2) is 48.5 Å². The van der Waals surface area contributed by atoms with Gasteiger partial charge in [-0.05, 0) is 73.4 Å². The van der Waals surface area contributed by atoms with Crippen LogP contribution in [0.2, 0.25) is 0 Å². The van der Waals surface area contributed by atoms with E-state index in [9.17, 15) is 9.18 Å². The minimum Gasteiger partial charge on any atom is -0.497 e. The minimum atomic E-state index is -0.333. The predicted octanol–water partition coefficient (Wildman–Crippen LogP) is 4.03. The number of benzene rings is 2. The van der Waals surface area contributed by atoms with Gasteiger partial charge in [0, 0.05) is 11.6 Å². The molecule has 2 aromatic rings. The van der Waals surface area contributed by atoms with Crippen LogP contribution in [0.5, 0.6) is 5.75 Å². The lowest BCUT2D eigenvalue weighted by Gasteiger charge is -2.29. The Labute approximate surface area is 157 Å². The third kappa shape index (κ3) is 4.38. The van der Waals surface area contributed by atoms with Crippen molar-refractivity contribution < 1.29 is 13.9 Å². The van der Waals surface area contributed by atoms with Crippen LogP contribution in [0.3, 0.4) is 0 Å². The van der Waals surface area contributed by atoms with Gasteiger partial charge < -0.3 is 15.4 Å². The van der Waals surface area contributed by atoms with Crippen molar-refractivity contribution in [2.75, 3.05) is 12.4 Å². The number of halogens is 1. The highest BCUT2D eigenvalue weighted by molar-refractivity contribution is 7.80. The number of nitrogens with one attached hydrogen (secondary N) is 2. The summed E-state index contributed by atoms with van der Waals surface area (Å²) in [4.78, 5) is 12.9. The molecule has 26 heavy (non-hydrogen) atoms. The molecule has 0 bridgehead atoms. The third-order valence-electron chi connectivity index (χ3n) is 4.58. The van der Waals surface area contributed by atoms with Crippen LogP contribution in [0.1, 0.15) is 30.7 Å². The Bertz CT molecular complexity index is 795. The standard InChI is InChI=1S/C20H21FN2O2S/c1-25-16-5-2-4-13(12-16)17-6-3-7-18(19(17)24)23-20(26)22-15-10-8-14(21)9-11-15/h2,4-5,8-12,17-18H,3,6-7H2,1H3,(H2,22,23,26). The highest BCUT2D eigenvalue weighted by atomic mass is 32.1. The van der Waals surface area contributed by atoms with E-state index in [1.54, 1.807) is 19.2 Å². The maximum Gasteiger partial charge on any atom is 0.171 e. The highest BCUT2D eigenvalue weighted by Crippen LogP contribution is 2.32. The van der Waals surface area contributed by atoms with Crippen molar-refractivity contribution in [3.63, 3.8) is 0 Å². The first-order valence-electron chi connectivity index (χ1n) is 8.57. The largest absolute Gasteiger partial charge is 0.497 e. The fourth-order valence-corrected chi connectivity index (χ4v) is 3.50. The molecule has 136 valence electrons. The number of ketones is 1. The molecule has 0 aromatic heterocycles. The fourth-order valence-electron chi connectivity index (χ4n) is 3.24. The van der Waals surface area contributed by atoms with Gasteiger partial charge >= 0.3 is 0 Å². The van der Waals surface area contributed by atoms with Crippen molar-refractivity contribution in [3.05, 3.63) is 59.9 Å². The van der Waals surface area contributed by atoms with Crippen LogP contribution in [-0.4, -0.2) is 24.0 Å². The van der Waals surface area contributed by atoms with Gasteiger partial charge in [-0.15, -0.1) is 0 Å². The van der Waals surface area contributed by atoms with E-state index in [0.29, 0.717) is 10.8 Å². The van der Waals surface area contributed by atoms with E-state index in [1.165, 1.54) is 12.1 Å². The molecular weight excluding hydrogens is 351 g/mol. The van der Waals surface area contributed by atoms with Crippen molar-refractivity contribution in [2.24, 2.45) is 0 Å². The average Bonchev–Trinajstić information content (AvgIpc) is 2.65. The number of carbonyl (C=O) groups excluding carboxylic acids is 1. The monoisotopic (exact) mass is 372 g/mol. The molecule has 2 atom stereocenters. The summed E-state index contributed by atoms with van der Waals surface area (Å²) in [6.45, 7) is 0. The Hall–Kier alpha value is -2.47. The number of hydrogen-bond acceptors (Lipinski definition) is 3. The number of hydrogen-bond donors (Lipinski definition) is 2. The predicted molar refractivity (Wildman–Crippen MR) is 104 cm³/mol. The zero-order chi connectivity index (χ0) is 18.5. The summed E-state index contributed by atoms with van der Waals surface area (Å²) in [5, 5.41) is 6.46. The number of ether oxygens (including phenoxy) is 1. The van der Waals surface area contributed by atoms with Crippen molar-refractivity contribution >= 4 is 28.8 Å². The van der Waals surface area contributed by atoms with Crippen LogP contribution in [0.25, 0.3) is 0 Å². The second-order valence-corrected chi connectivity index (χ2v) is 6.73. The summed E-state index contributed by atoms with van der Waals surface area (Å²) in [7, 11) is 1.62. The Morgan fingerprint density at radius 1 is 1.19 bits per heavy atom. The molecule has 0 amide bonds. The smallest absolute Gasteiger partial charge is 0.171 e. The molecule has 1 fully saturated rings. The number of Topliss-reactive ketones (excluding diaryl/α,β-unsaturated/α-hetero) is 1. The summed E-state index contributed by atoms with van der Waals surface area (Å²) < 4.78 is 18.2. The molecule has 0 aliphatic heterocycles. The topological polar surface area (TPSA) is 50.4 Å². The summed E-state index contributed by atoms with van der Waals surface area (Å²) >= 11 is 5.31. The lowest BCUT2D eigenvalue weighted by molar-refractivity contribution is -0.123. The van der Waals surface area contributed by atoms with E-state index in [2.05, 4.69) is 10.6 Å². The summed E-state index contributed by atoms with van der Waals surface area (Å²) in [6.07, 6.45) is 2.50. The Kier molecular flexibility index (Phi) is 5.83. The molecule has 0 heterocycles. The summed E-state index contributed by atoms with van der Waals surface area (Å²) in [6, 6.07) is 13.2. The van der Waals surface area contributed by atoms with Gasteiger partial charge in [-0.2, -0.15) is 0 Å². The van der Waals surface area contributed by atoms with Gasteiger partial charge in [-0.1, -0.05) is 12.1 Å². The third-order valence-corrected chi connectivity index (χ3v) is 4.80. The van der Waals surface area contributed by atoms with E-state index >= 15 is 0 Å². The Morgan fingerprint density at radius 3 is 2.69 bits per heavy atom. The molecule has 3 rings (SSSR count). The fraction of sp³-hybridized carbons (Fsp3) is 0.300. The minimum absolute atomic E-state index is 0.132. The molecule has 2 N–H and O–H groups in total. The molecule has 1 aliphatic rings.